The van der Waals surface area contributed by atoms with Crippen molar-refractivity contribution < 1.29 is 14.3 Å². The van der Waals surface area contributed by atoms with Gasteiger partial charge in [-0.15, -0.1) is 0 Å². The second kappa shape index (κ2) is 8.19. The molecule has 0 aromatic heterocycles. The summed E-state index contributed by atoms with van der Waals surface area (Å²) in [6.07, 6.45) is 0.804. The van der Waals surface area contributed by atoms with Crippen LogP contribution in [0.1, 0.15) is 43.1 Å². The van der Waals surface area contributed by atoms with Crippen molar-refractivity contribution in [2.24, 2.45) is 0 Å². The van der Waals surface area contributed by atoms with Gasteiger partial charge in [0.05, 0.1) is 12.2 Å². The van der Waals surface area contributed by atoms with Crippen molar-refractivity contribution in [1.29, 1.82) is 0 Å². The lowest BCUT2D eigenvalue weighted by Crippen LogP contribution is -2.39. The van der Waals surface area contributed by atoms with E-state index in [1.165, 1.54) is 0 Å². The highest BCUT2D eigenvalue weighted by Gasteiger charge is 2.07. The van der Waals surface area contributed by atoms with E-state index in [4.69, 9.17) is 4.74 Å². The number of hydrogen-bond acceptors (Lipinski definition) is 3. The first-order chi connectivity index (χ1) is 9.52. The minimum absolute atomic E-state index is 0.103. The zero-order valence-electron chi connectivity index (χ0n) is 12.2. The number of rotatable bonds is 6. The van der Waals surface area contributed by atoms with Crippen molar-refractivity contribution in [1.82, 2.24) is 10.6 Å². The number of amides is 2. The third-order valence-corrected chi connectivity index (χ3v) is 2.50. The van der Waals surface area contributed by atoms with Crippen molar-refractivity contribution in [3.8, 4) is 0 Å². The van der Waals surface area contributed by atoms with Crippen LogP contribution in [-0.2, 0) is 11.3 Å². The summed E-state index contributed by atoms with van der Waals surface area (Å²) in [6.45, 7) is 6.59. The van der Waals surface area contributed by atoms with Crippen LogP contribution < -0.4 is 10.6 Å². The Morgan fingerprint density at radius 1 is 1.20 bits per heavy atom. The molecule has 0 spiro atoms. The Morgan fingerprint density at radius 3 is 2.40 bits per heavy atom. The molecule has 2 amide bonds. The molecule has 1 aromatic carbocycles. The fraction of sp³-hybridized carbons (Fsp3) is 0.467. The van der Waals surface area contributed by atoms with Crippen molar-refractivity contribution in [2.45, 2.75) is 39.8 Å². The van der Waals surface area contributed by atoms with E-state index in [0.717, 1.165) is 12.0 Å². The summed E-state index contributed by atoms with van der Waals surface area (Å²) in [5, 5.41) is 5.49. The van der Waals surface area contributed by atoms with Crippen LogP contribution in [0.2, 0.25) is 0 Å². The normalized spacial score (nSPS) is 10.2. The number of carbonyl (C=O) groups excluding carboxylic acids is 2. The third-order valence-electron chi connectivity index (χ3n) is 2.50. The molecule has 0 fully saturated rings. The minimum atomic E-state index is -0.316. The second-order valence-corrected chi connectivity index (χ2v) is 4.81. The highest BCUT2D eigenvalue weighted by molar-refractivity contribution is 5.89. The highest BCUT2D eigenvalue weighted by atomic mass is 16.5. The zero-order valence-corrected chi connectivity index (χ0v) is 12.2. The molecule has 0 saturated carbocycles. The van der Waals surface area contributed by atoms with Crippen molar-refractivity contribution in [2.75, 3.05) is 6.61 Å². The molecule has 0 aliphatic heterocycles. The van der Waals surface area contributed by atoms with Gasteiger partial charge in [0.15, 0.2) is 0 Å². The Kier molecular flexibility index (Phi) is 6.56. The van der Waals surface area contributed by atoms with Crippen LogP contribution in [0.25, 0.3) is 0 Å². The summed E-state index contributed by atoms with van der Waals surface area (Å²) in [6, 6.07) is 6.92. The first kappa shape index (κ1) is 16.0. The van der Waals surface area contributed by atoms with Crippen LogP contribution in [0.3, 0.4) is 0 Å². The van der Waals surface area contributed by atoms with E-state index in [0.29, 0.717) is 18.7 Å². The first-order valence-corrected chi connectivity index (χ1v) is 6.83. The number of esters is 1. The molecule has 0 radical (unpaired) electrons. The number of urea groups is 1. The molecule has 5 nitrogen and oxygen atoms in total. The van der Waals surface area contributed by atoms with Crippen molar-refractivity contribution in [3.05, 3.63) is 35.4 Å². The summed E-state index contributed by atoms with van der Waals surface area (Å²) in [7, 11) is 0. The molecule has 2 N–H and O–H groups in total. The fourth-order valence-corrected chi connectivity index (χ4v) is 1.53. The van der Waals surface area contributed by atoms with Crippen LogP contribution >= 0.6 is 0 Å². The minimum Gasteiger partial charge on any atom is -0.462 e. The summed E-state index contributed by atoms with van der Waals surface area (Å²) in [4.78, 5) is 23.0. The average Bonchev–Trinajstić information content (AvgIpc) is 2.42. The highest BCUT2D eigenvalue weighted by Crippen LogP contribution is 2.06. The molecule has 0 saturated heterocycles. The van der Waals surface area contributed by atoms with Crippen molar-refractivity contribution >= 4 is 12.0 Å². The topological polar surface area (TPSA) is 67.4 Å². The Morgan fingerprint density at radius 2 is 1.85 bits per heavy atom. The number of ether oxygens (including phenoxy) is 1. The molecular formula is C15H22N2O3. The van der Waals surface area contributed by atoms with Crippen molar-refractivity contribution in [3.63, 3.8) is 0 Å². The second-order valence-electron chi connectivity index (χ2n) is 4.81. The molecule has 1 rings (SSSR count). The van der Waals surface area contributed by atoms with E-state index in [1.807, 2.05) is 20.8 Å². The number of hydrogen-bond donors (Lipinski definition) is 2. The molecule has 0 aliphatic carbocycles. The molecule has 20 heavy (non-hydrogen) atoms. The monoisotopic (exact) mass is 278 g/mol. The molecule has 0 bridgehead atoms. The Hall–Kier alpha value is -2.04. The predicted molar refractivity (Wildman–Crippen MR) is 77.5 cm³/mol. The summed E-state index contributed by atoms with van der Waals surface area (Å²) in [5.41, 5.74) is 1.45. The number of carbonyl (C=O) groups is 2. The van der Waals surface area contributed by atoms with E-state index in [2.05, 4.69) is 10.6 Å². The van der Waals surface area contributed by atoms with Gasteiger partial charge in [0.2, 0.25) is 0 Å². The van der Waals surface area contributed by atoms with Crippen LogP contribution in [0.15, 0.2) is 24.3 Å². The Bertz CT molecular complexity index is 441. The quantitative estimate of drug-likeness (QED) is 0.785. The van der Waals surface area contributed by atoms with E-state index in [-0.39, 0.29) is 18.0 Å². The predicted octanol–water partition coefficient (Wildman–Crippen LogP) is 2.46. The van der Waals surface area contributed by atoms with E-state index in [1.54, 1.807) is 24.3 Å². The first-order valence-electron chi connectivity index (χ1n) is 6.83. The van der Waals surface area contributed by atoms with Gasteiger partial charge in [-0.2, -0.15) is 0 Å². The average molecular weight is 278 g/mol. The van der Waals surface area contributed by atoms with Gasteiger partial charge in [-0.25, -0.2) is 9.59 Å². The maximum Gasteiger partial charge on any atom is 0.338 e. The zero-order chi connectivity index (χ0) is 15.0. The Labute approximate surface area is 119 Å². The lowest BCUT2D eigenvalue weighted by Gasteiger charge is -2.10. The van der Waals surface area contributed by atoms with Gasteiger partial charge in [0.25, 0.3) is 0 Å². The van der Waals surface area contributed by atoms with Crippen LogP contribution in [0.5, 0.6) is 0 Å². The van der Waals surface area contributed by atoms with E-state index >= 15 is 0 Å². The van der Waals surface area contributed by atoms with Gasteiger partial charge in [-0.05, 0) is 38.0 Å². The number of nitrogens with one attached hydrogen (secondary N) is 2. The van der Waals surface area contributed by atoms with Crippen LogP contribution in [0, 0.1) is 0 Å². The van der Waals surface area contributed by atoms with Gasteiger partial charge in [0.1, 0.15) is 0 Å². The molecule has 5 heteroatoms. The SMILES string of the molecule is CCCOC(=O)c1ccc(CNC(=O)NC(C)C)cc1. The summed E-state index contributed by atoms with van der Waals surface area (Å²) < 4.78 is 5.04. The lowest BCUT2D eigenvalue weighted by atomic mass is 10.1. The maximum atomic E-state index is 11.6. The molecule has 0 heterocycles. The summed E-state index contributed by atoms with van der Waals surface area (Å²) >= 11 is 0. The fourth-order valence-electron chi connectivity index (χ4n) is 1.53. The molecule has 1 aromatic rings. The number of benzene rings is 1. The maximum absolute atomic E-state index is 11.6. The molecule has 0 unspecified atom stereocenters. The summed E-state index contributed by atoms with van der Waals surface area (Å²) in [5.74, 6) is -0.316. The molecule has 110 valence electrons. The third kappa shape index (κ3) is 5.73. The lowest BCUT2D eigenvalue weighted by molar-refractivity contribution is 0.0505. The molecule has 0 aliphatic rings. The van der Waals surface area contributed by atoms with E-state index < -0.39 is 0 Å². The van der Waals surface area contributed by atoms with Gasteiger partial charge in [-0.1, -0.05) is 19.1 Å². The van der Waals surface area contributed by atoms with Gasteiger partial charge in [0, 0.05) is 12.6 Å². The van der Waals surface area contributed by atoms with Crippen LogP contribution in [0.4, 0.5) is 4.79 Å². The van der Waals surface area contributed by atoms with Gasteiger partial charge >= 0.3 is 12.0 Å². The van der Waals surface area contributed by atoms with E-state index in [9.17, 15) is 9.59 Å². The standard InChI is InChI=1S/C15H22N2O3/c1-4-9-20-14(18)13-7-5-12(6-8-13)10-16-15(19)17-11(2)3/h5-8,11H,4,9-10H2,1-3H3,(H2,16,17,19). The smallest absolute Gasteiger partial charge is 0.338 e. The van der Waals surface area contributed by atoms with Gasteiger partial charge in [-0.3, -0.25) is 0 Å². The van der Waals surface area contributed by atoms with Crippen LogP contribution in [-0.4, -0.2) is 24.6 Å². The van der Waals surface area contributed by atoms with Gasteiger partial charge < -0.3 is 15.4 Å². The largest absolute Gasteiger partial charge is 0.462 e. The molecular weight excluding hydrogens is 256 g/mol. The molecule has 0 atom stereocenters. The Balaban J connectivity index is 2.46.